The summed E-state index contributed by atoms with van der Waals surface area (Å²) in [6.07, 6.45) is 4.53. The zero-order valence-electron chi connectivity index (χ0n) is 7.75. The van der Waals surface area contributed by atoms with Gasteiger partial charge in [-0.05, 0) is 25.5 Å². The molecular formula is C10H17NO. The van der Waals surface area contributed by atoms with Crippen LogP contribution in [0.15, 0.2) is 18.4 Å². The normalized spacial score (nSPS) is 23.9. The van der Waals surface area contributed by atoms with Crippen LogP contribution in [0.3, 0.4) is 0 Å². The molecule has 0 aromatic heterocycles. The highest BCUT2D eigenvalue weighted by Gasteiger charge is 2.22. The van der Waals surface area contributed by atoms with Crippen LogP contribution < -0.4 is 0 Å². The molecule has 2 nitrogen and oxygen atoms in total. The van der Waals surface area contributed by atoms with Crippen LogP contribution in [0.25, 0.3) is 0 Å². The van der Waals surface area contributed by atoms with Crippen molar-refractivity contribution in [3.63, 3.8) is 0 Å². The van der Waals surface area contributed by atoms with E-state index >= 15 is 0 Å². The van der Waals surface area contributed by atoms with Crippen LogP contribution in [0.4, 0.5) is 0 Å². The summed E-state index contributed by atoms with van der Waals surface area (Å²) in [6, 6.07) is 0.611. The van der Waals surface area contributed by atoms with Gasteiger partial charge in [-0.1, -0.05) is 6.58 Å². The van der Waals surface area contributed by atoms with Gasteiger partial charge in [-0.2, -0.15) is 0 Å². The van der Waals surface area contributed by atoms with Crippen molar-refractivity contribution in [1.29, 1.82) is 0 Å². The minimum absolute atomic E-state index is 0.611. The Kier molecular flexibility index (Phi) is 4.09. The largest absolute Gasteiger partial charge is 0.383 e. The number of likely N-dealkylation sites (tertiary alicyclic amines) is 1. The van der Waals surface area contributed by atoms with Crippen molar-refractivity contribution >= 4 is 0 Å². The third-order valence-corrected chi connectivity index (χ3v) is 2.33. The van der Waals surface area contributed by atoms with E-state index in [1.807, 2.05) is 6.08 Å². The topological polar surface area (TPSA) is 12.5 Å². The SMILES string of the molecule is C=C=CCN1CCCC1COC. The average Bonchev–Trinajstić information content (AvgIpc) is 2.50. The molecule has 1 aliphatic heterocycles. The van der Waals surface area contributed by atoms with Crippen LogP contribution in [-0.2, 0) is 4.74 Å². The van der Waals surface area contributed by atoms with Gasteiger partial charge in [0, 0.05) is 19.7 Å². The molecule has 0 aliphatic carbocycles. The van der Waals surface area contributed by atoms with E-state index in [1.54, 1.807) is 7.11 Å². The molecule has 1 heterocycles. The van der Waals surface area contributed by atoms with Crippen molar-refractivity contribution in [2.75, 3.05) is 26.8 Å². The molecule has 2 heteroatoms. The highest BCUT2D eigenvalue weighted by atomic mass is 16.5. The maximum atomic E-state index is 5.14. The summed E-state index contributed by atoms with van der Waals surface area (Å²) in [5, 5.41) is 0. The van der Waals surface area contributed by atoms with Gasteiger partial charge in [-0.25, -0.2) is 0 Å². The molecular weight excluding hydrogens is 150 g/mol. The molecule has 68 valence electrons. The first-order chi connectivity index (χ1) is 5.88. The number of ether oxygens (including phenoxy) is 1. The third kappa shape index (κ3) is 2.49. The van der Waals surface area contributed by atoms with Crippen LogP contribution in [0.5, 0.6) is 0 Å². The second-order valence-corrected chi connectivity index (χ2v) is 3.15. The van der Waals surface area contributed by atoms with E-state index in [0.717, 1.165) is 13.2 Å². The first-order valence-electron chi connectivity index (χ1n) is 4.45. The minimum atomic E-state index is 0.611. The molecule has 1 atom stereocenters. The van der Waals surface area contributed by atoms with E-state index in [2.05, 4.69) is 17.2 Å². The third-order valence-electron chi connectivity index (χ3n) is 2.33. The summed E-state index contributed by atoms with van der Waals surface area (Å²) >= 11 is 0. The van der Waals surface area contributed by atoms with E-state index in [9.17, 15) is 0 Å². The van der Waals surface area contributed by atoms with Crippen LogP contribution >= 0.6 is 0 Å². The molecule has 0 spiro atoms. The monoisotopic (exact) mass is 167 g/mol. The van der Waals surface area contributed by atoms with Crippen molar-refractivity contribution in [3.8, 4) is 0 Å². The molecule has 0 saturated carbocycles. The highest BCUT2D eigenvalue weighted by molar-refractivity contribution is 4.86. The van der Waals surface area contributed by atoms with Gasteiger partial charge in [0.1, 0.15) is 0 Å². The Balaban J connectivity index is 2.34. The smallest absolute Gasteiger partial charge is 0.0618 e. The average molecular weight is 167 g/mol. The molecule has 0 amide bonds. The van der Waals surface area contributed by atoms with Crippen molar-refractivity contribution in [2.45, 2.75) is 18.9 Å². The van der Waals surface area contributed by atoms with Gasteiger partial charge in [0.2, 0.25) is 0 Å². The lowest BCUT2D eigenvalue weighted by atomic mass is 10.2. The molecule has 0 radical (unpaired) electrons. The molecule has 1 unspecified atom stereocenters. The fraction of sp³-hybridized carbons (Fsp3) is 0.700. The second kappa shape index (κ2) is 5.15. The molecule has 12 heavy (non-hydrogen) atoms. The predicted molar refractivity (Wildman–Crippen MR) is 50.2 cm³/mol. The Labute approximate surface area is 74.5 Å². The van der Waals surface area contributed by atoms with Crippen LogP contribution in [0, 0.1) is 0 Å². The van der Waals surface area contributed by atoms with Gasteiger partial charge >= 0.3 is 0 Å². The van der Waals surface area contributed by atoms with Crippen molar-refractivity contribution < 1.29 is 4.74 Å². The maximum Gasteiger partial charge on any atom is 0.0618 e. The highest BCUT2D eigenvalue weighted by Crippen LogP contribution is 2.16. The molecule has 0 aromatic rings. The number of hydrogen-bond acceptors (Lipinski definition) is 2. The molecule has 1 fully saturated rings. The molecule has 0 N–H and O–H groups in total. The summed E-state index contributed by atoms with van der Waals surface area (Å²) in [7, 11) is 1.76. The Hall–Kier alpha value is -0.560. The molecule has 0 bridgehead atoms. The van der Waals surface area contributed by atoms with E-state index in [0.29, 0.717) is 6.04 Å². The van der Waals surface area contributed by atoms with Gasteiger partial charge < -0.3 is 4.74 Å². The fourth-order valence-corrected chi connectivity index (χ4v) is 1.70. The van der Waals surface area contributed by atoms with Crippen molar-refractivity contribution in [1.82, 2.24) is 4.90 Å². The van der Waals surface area contributed by atoms with Crippen LogP contribution in [0.2, 0.25) is 0 Å². The molecule has 1 aliphatic rings. The molecule has 1 rings (SSSR count). The lowest BCUT2D eigenvalue weighted by Gasteiger charge is -2.21. The number of nitrogens with zero attached hydrogens (tertiary/aromatic N) is 1. The summed E-state index contributed by atoms with van der Waals surface area (Å²) in [5.74, 6) is 0. The molecule has 1 saturated heterocycles. The number of hydrogen-bond donors (Lipinski definition) is 0. The lowest BCUT2D eigenvalue weighted by Crippen LogP contribution is -2.32. The van der Waals surface area contributed by atoms with Gasteiger partial charge in [0.15, 0.2) is 0 Å². The lowest BCUT2D eigenvalue weighted by molar-refractivity contribution is 0.122. The zero-order valence-corrected chi connectivity index (χ0v) is 7.75. The van der Waals surface area contributed by atoms with Gasteiger partial charge in [-0.15, -0.1) is 5.73 Å². The minimum Gasteiger partial charge on any atom is -0.383 e. The Morgan fingerprint density at radius 2 is 2.58 bits per heavy atom. The molecule has 0 aromatic carbocycles. The Morgan fingerprint density at radius 3 is 3.25 bits per heavy atom. The standard InChI is InChI=1S/C10H17NO/c1-3-4-7-11-8-5-6-10(11)9-12-2/h4,10H,1,5-9H2,2H3. The Bertz CT molecular complexity index is 173. The Morgan fingerprint density at radius 1 is 1.75 bits per heavy atom. The van der Waals surface area contributed by atoms with E-state index in [-0.39, 0.29) is 0 Å². The predicted octanol–water partition coefficient (Wildman–Crippen LogP) is 1.44. The van der Waals surface area contributed by atoms with Gasteiger partial charge in [0.05, 0.1) is 6.61 Å². The maximum absolute atomic E-state index is 5.14. The van der Waals surface area contributed by atoms with E-state index in [1.165, 1.54) is 19.4 Å². The van der Waals surface area contributed by atoms with Crippen molar-refractivity contribution in [3.05, 3.63) is 18.4 Å². The summed E-state index contributed by atoms with van der Waals surface area (Å²) in [5.41, 5.74) is 2.80. The first kappa shape index (κ1) is 9.53. The van der Waals surface area contributed by atoms with Gasteiger partial charge in [0.25, 0.3) is 0 Å². The quantitative estimate of drug-likeness (QED) is 0.587. The van der Waals surface area contributed by atoms with Crippen LogP contribution in [0.1, 0.15) is 12.8 Å². The fourth-order valence-electron chi connectivity index (χ4n) is 1.70. The van der Waals surface area contributed by atoms with E-state index in [4.69, 9.17) is 4.74 Å². The second-order valence-electron chi connectivity index (χ2n) is 3.15. The van der Waals surface area contributed by atoms with Crippen molar-refractivity contribution in [2.24, 2.45) is 0 Å². The number of rotatable bonds is 4. The first-order valence-corrected chi connectivity index (χ1v) is 4.45. The summed E-state index contributed by atoms with van der Waals surface area (Å²) in [6.45, 7) is 6.56. The van der Waals surface area contributed by atoms with Gasteiger partial charge in [-0.3, -0.25) is 4.90 Å². The number of methoxy groups -OCH3 is 1. The summed E-state index contributed by atoms with van der Waals surface area (Å²) < 4.78 is 5.14. The van der Waals surface area contributed by atoms with Crippen LogP contribution in [-0.4, -0.2) is 37.7 Å². The summed E-state index contributed by atoms with van der Waals surface area (Å²) in [4.78, 5) is 2.42. The zero-order chi connectivity index (χ0) is 8.81. The van der Waals surface area contributed by atoms with E-state index < -0.39 is 0 Å².